The zero-order chi connectivity index (χ0) is 19.8. The van der Waals surface area contributed by atoms with Gasteiger partial charge in [-0.2, -0.15) is 0 Å². The number of carbonyl (C=O) groups excluding carboxylic acids is 1. The average Bonchev–Trinajstić information content (AvgIpc) is 3.26. The standard InChI is InChI=1S/C21H32N4O3/c1-24(2)20(26)15-23-21(22-11-10-17-7-4-3-5-8-17)25-12-14-28-19(16-25)18-9-6-13-27-18/h3-5,7-8,18-19H,6,9-16H2,1-2H3,(H,22,23). The Morgan fingerprint density at radius 1 is 1.21 bits per heavy atom. The summed E-state index contributed by atoms with van der Waals surface area (Å²) in [5.74, 6) is 0.767. The Morgan fingerprint density at radius 3 is 2.71 bits per heavy atom. The average molecular weight is 389 g/mol. The highest BCUT2D eigenvalue weighted by Crippen LogP contribution is 2.21. The summed E-state index contributed by atoms with van der Waals surface area (Å²) in [6, 6.07) is 10.4. The largest absolute Gasteiger partial charge is 0.375 e. The van der Waals surface area contributed by atoms with E-state index in [2.05, 4.69) is 27.3 Å². The van der Waals surface area contributed by atoms with Crippen molar-refractivity contribution in [3.05, 3.63) is 35.9 Å². The Hall–Kier alpha value is -2.12. The first kappa shape index (κ1) is 20.6. The van der Waals surface area contributed by atoms with Crippen molar-refractivity contribution in [3.63, 3.8) is 0 Å². The first-order valence-corrected chi connectivity index (χ1v) is 10.1. The third kappa shape index (κ3) is 5.94. The van der Waals surface area contributed by atoms with Gasteiger partial charge in [0.2, 0.25) is 5.91 Å². The van der Waals surface area contributed by atoms with Crippen LogP contribution in [0, 0.1) is 0 Å². The number of benzene rings is 1. The van der Waals surface area contributed by atoms with Gasteiger partial charge in [0.05, 0.1) is 12.7 Å². The van der Waals surface area contributed by atoms with Gasteiger partial charge in [-0.05, 0) is 24.8 Å². The van der Waals surface area contributed by atoms with Crippen molar-refractivity contribution in [2.45, 2.75) is 31.5 Å². The molecule has 0 aliphatic carbocycles. The highest BCUT2D eigenvalue weighted by atomic mass is 16.5. The number of amides is 1. The molecule has 1 aromatic carbocycles. The minimum atomic E-state index is -0.00806. The summed E-state index contributed by atoms with van der Waals surface area (Å²) in [4.78, 5) is 20.4. The van der Waals surface area contributed by atoms with E-state index in [0.717, 1.165) is 51.5 Å². The van der Waals surface area contributed by atoms with Gasteiger partial charge in [-0.15, -0.1) is 0 Å². The molecular formula is C21H32N4O3. The molecule has 0 aromatic heterocycles. The summed E-state index contributed by atoms with van der Waals surface area (Å²) in [5, 5.41) is 3.45. The summed E-state index contributed by atoms with van der Waals surface area (Å²) < 4.78 is 11.8. The van der Waals surface area contributed by atoms with Crippen molar-refractivity contribution in [1.82, 2.24) is 15.1 Å². The molecule has 0 bridgehead atoms. The Labute approximate surface area is 167 Å². The summed E-state index contributed by atoms with van der Waals surface area (Å²) in [5.41, 5.74) is 1.28. The van der Waals surface area contributed by atoms with Crippen molar-refractivity contribution in [2.75, 3.05) is 53.5 Å². The van der Waals surface area contributed by atoms with E-state index >= 15 is 0 Å². The van der Waals surface area contributed by atoms with Crippen molar-refractivity contribution in [2.24, 2.45) is 4.99 Å². The molecule has 2 aliphatic heterocycles. The van der Waals surface area contributed by atoms with Gasteiger partial charge < -0.3 is 24.6 Å². The molecule has 1 aromatic rings. The quantitative estimate of drug-likeness (QED) is 0.585. The van der Waals surface area contributed by atoms with Crippen molar-refractivity contribution in [3.8, 4) is 0 Å². The smallest absolute Gasteiger partial charge is 0.243 e. The van der Waals surface area contributed by atoms with E-state index in [9.17, 15) is 4.79 Å². The number of hydrogen-bond acceptors (Lipinski definition) is 4. The third-order valence-electron chi connectivity index (χ3n) is 5.18. The number of hydrogen-bond donors (Lipinski definition) is 1. The Morgan fingerprint density at radius 2 is 2.00 bits per heavy atom. The number of carbonyl (C=O) groups is 1. The SMILES string of the molecule is CN(C)C(=O)CN=C(NCCc1ccccc1)N1CCOC(C2CCCO2)C1. The van der Waals surface area contributed by atoms with Crippen LogP contribution in [-0.2, 0) is 20.7 Å². The fraction of sp³-hybridized carbons (Fsp3) is 0.619. The van der Waals surface area contributed by atoms with Crippen LogP contribution in [0.25, 0.3) is 0 Å². The van der Waals surface area contributed by atoms with Crippen molar-refractivity contribution >= 4 is 11.9 Å². The van der Waals surface area contributed by atoms with Crippen LogP contribution in [0.15, 0.2) is 35.3 Å². The highest BCUT2D eigenvalue weighted by Gasteiger charge is 2.32. The minimum absolute atomic E-state index is 0.00806. The minimum Gasteiger partial charge on any atom is -0.375 e. The predicted octanol–water partition coefficient (Wildman–Crippen LogP) is 1.14. The third-order valence-corrected chi connectivity index (χ3v) is 5.18. The molecule has 7 heteroatoms. The zero-order valence-electron chi connectivity index (χ0n) is 17.0. The van der Waals surface area contributed by atoms with Crippen LogP contribution in [0.3, 0.4) is 0 Å². The van der Waals surface area contributed by atoms with E-state index in [0.29, 0.717) is 6.61 Å². The number of ether oxygens (including phenoxy) is 2. The fourth-order valence-electron chi connectivity index (χ4n) is 3.50. The number of nitrogens with one attached hydrogen (secondary N) is 1. The molecule has 1 amide bonds. The van der Waals surface area contributed by atoms with Gasteiger partial charge in [0.25, 0.3) is 0 Å². The summed E-state index contributed by atoms with van der Waals surface area (Å²) in [6.45, 7) is 3.86. The second-order valence-corrected chi connectivity index (χ2v) is 7.50. The van der Waals surface area contributed by atoms with Gasteiger partial charge in [-0.25, -0.2) is 4.99 Å². The lowest BCUT2D eigenvalue weighted by molar-refractivity contribution is -0.127. The molecular weight excluding hydrogens is 356 g/mol. The number of morpholine rings is 1. The van der Waals surface area contributed by atoms with E-state index in [-0.39, 0.29) is 24.7 Å². The number of aliphatic imine (C=N–C) groups is 1. The maximum Gasteiger partial charge on any atom is 0.243 e. The Bertz CT molecular complexity index is 644. The monoisotopic (exact) mass is 388 g/mol. The normalized spacial score (nSPS) is 22.9. The molecule has 2 atom stereocenters. The van der Waals surface area contributed by atoms with Gasteiger partial charge in [-0.3, -0.25) is 4.79 Å². The van der Waals surface area contributed by atoms with Crippen LogP contribution in [0.2, 0.25) is 0 Å². The zero-order valence-corrected chi connectivity index (χ0v) is 17.0. The van der Waals surface area contributed by atoms with E-state index in [4.69, 9.17) is 9.47 Å². The van der Waals surface area contributed by atoms with Crippen molar-refractivity contribution < 1.29 is 14.3 Å². The Kier molecular flexibility index (Phi) is 7.68. The number of guanidine groups is 1. The van der Waals surface area contributed by atoms with Gasteiger partial charge in [-0.1, -0.05) is 30.3 Å². The number of likely N-dealkylation sites (N-methyl/N-ethyl adjacent to an activating group) is 1. The van der Waals surface area contributed by atoms with Crippen LogP contribution in [0.5, 0.6) is 0 Å². The lowest BCUT2D eigenvalue weighted by atomic mass is 10.1. The van der Waals surface area contributed by atoms with Crippen molar-refractivity contribution in [1.29, 1.82) is 0 Å². The topological polar surface area (TPSA) is 66.4 Å². The molecule has 3 rings (SSSR count). The molecule has 1 N–H and O–H groups in total. The summed E-state index contributed by atoms with van der Waals surface area (Å²) in [6.07, 6.45) is 3.27. The summed E-state index contributed by atoms with van der Waals surface area (Å²) in [7, 11) is 3.51. The molecule has 2 heterocycles. The molecule has 2 aliphatic rings. The molecule has 0 radical (unpaired) electrons. The highest BCUT2D eigenvalue weighted by molar-refractivity contribution is 5.85. The second kappa shape index (κ2) is 10.4. The summed E-state index contributed by atoms with van der Waals surface area (Å²) >= 11 is 0. The molecule has 7 nitrogen and oxygen atoms in total. The van der Waals surface area contributed by atoms with E-state index < -0.39 is 0 Å². The number of nitrogens with zero attached hydrogens (tertiary/aromatic N) is 3. The first-order valence-electron chi connectivity index (χ1n) is 10.1. The van der Waals surface area contributed by atoms with E-state index in [1.165, 1.54) is 5.56 Å². The fourth-order valence-corrected chi connectivity index (χ4v) is 3.50. The molecule has 0 spiro atoms. The maximum atomic E-state index is 12.0. The second-order valence-electron chi connectivity index (χ2n) is 7.50. The molecule has 2 unspecified atom stereocenters. The van der Waals surface area contributed by atoms with Crippen LogP contribution < -0.4 is 5.32 Å². The molecule has 28 heavy (non-hydrogen) atoms. The van der Waals surface area contributed by atoms with Crippen LogP contribution in [0.1, 0.15) is 18.4 Å². The molecule has 0 saturated carbocycles. The predicted molar refractivity (Wildman–Crippen MR) is 109 cm³/mol. The van der Waals surface area contributed by atoms with E-state index in [1.54, 1.807) is 19.0 Å². The van der Waals surface area contributed by atoms with Crippen LogP contribution in [-0.4, -0.2) is 87.4 Å². The lowest BCUT2D eigenvalue weighted by Crippen LogP contribution is -2.53. The van der Waals surface area contributed by atoms with Crippen LogP contribution >= 0.6 is 0 Å². The number of rotatable bonds is 6. The maximum absolute atomic E-state index is 12.0. The van der Waals surface area contributed by atoms with Gasteiger partial charge in [0.15, 0.2) is 5.96 Å². The van der Waals surface area contributed by atoms with Gasteiger partial charge >= 0.3 is 0 Å². The molecule has 2 fully saturated rings. The molecule has 2 saturated heterocycles. The van der Waals surface area contributed by atoms with E-state index in [1.807, 2.05) is 18.2 Å². The lowest BCUT2D eigenvalue weighted by Gasteiger charge is -2.37. The van der Waals surface area contributed by atoms with Gasteiger partial charge in [0, 0.05) is 40.3 Å². The van der Waals surface area contributed by atoms with Crippen LogP contribution in [0.4, 0.5) is 0 Å². The molecule has 154 valence electrons. The van der Waals surface area contributed by atoms with Gasteiger partial charge in [0.1, 0.15) is 12.6 Å². The Balaban J connectivity index is 1.62. The first-order chi connectivity index (χ1) is 13.6.